The van der Waals surface area contributed by atoms with Crippen molar-refractivity contribution < 1.29 is 27.4 Å². The van der Waals surface area contributed by atoms with Crippen molar-refractivity contribution in [1.29, 1.82) is 0 Å². The first-order valence-electron chi connectivity index (χ1n) is 13.8. The van der Waals surface area contributed by atoms with Crippen molar-refractivity contribution in [3.8, 4) is 17.6 Å². The summed E-state index contributed by atoms with van der Waals surface area (Å²) in [6.07, 6.45) is 4.80. The molecule has 2 aromatic rings. The van der Waals surface area contributed by atoms with Crippen LogP contribution in [0.15, 0.2) is 47.4 Å². The lowest BCUT2D eigenvalue weighted by Gasteiger charge is -2.37. The highest BCUT2D eigenvalue weighted by atomic mass is 32.2. The van der Waals surface area contributed by atoms with E-state index in [4.69, 9.17) is 4.74 Å². The second-order valence-corrected chi connectivity index (χ2v) is 12.7. The lowest BCUT2D eigenvalue weighted by molar-refractivity contribution is 0.0806. The molecule has 0 spiro atoms. The number of likely N-dealkylation sites (N-methyl/N-ethyl adjacent to an activating group) is 1. The summed E-state index contributed by atoms with van der Waals surface area (Å²) in [6, 6.07) is 9.82. The van der Waals surface area contributed by atoms with Crippen molar-refractivity contribution in [3.63, 3.8) is 0 Å². The van der Waals surface area contributed by atoms with Crippen LogP contribution in [-0.2, 0) is 10.0 Å². The van der Waals surface area contributed by atoms with Gasteiger partial charge in [0.05, 0.1) is 13.2 Å². The van der Waals surface area contributed by atoms with E-state index in [1.54, 1.807) is 43.1 Å². The lowest BCUT2D eigenvalue weighted by atomic mass is 9.96. The molecule has 0 unspecified atom stereocenters. The quantitative estimate of drug-likeness (QED) is 0.530. The number of benzene rings is 2. The van der Waals surface area contributed by atoms with Gasteiger partial charge in [0.25, 0.3) is 0 Å². The minimum absolute atomic E-state index is 0.0321. The molecule has 1 saturated carbocycles. The summed E-state index contributed by atoms with van der Waals surface area (Å²) < 4.78 is 48.6. The third-order valence-electron chi connectivity index (χ3n) is 7.58. The number of hydrogen-bond acceptors (Lipinski definition) is 5. The van der Waals surface area contributed by atoms with E-state index in [2.05, 4.69) is 17.2 Å². The Bertz CT molecular complexity index is 1370. The molecule has 2 aromatic carbocycles. The molecule has 3 atom stereocenters. The fourth-order valence-corrected chi connectivity index (χ4v) is 6.94. The van der Waals surface area contributed by atoms with E-state index < -0.39 is 28.0 Å². The average molecular weight is 572 g/mol. The molecule has 216 valence electrons. The van der Waals surface area contributed by atoms with Crippen molar-refractivity contribution in [1.82, 2.24) is 14.5 Å². The van der Waals surface area contributed by atoms with Crippen LogP contribution in [0.3, 0.4) is 0 Å². The maximum Gasteiger partial charge on any atom is 0.317 e. The number of hydrogen-bond donors (Lipinski definition) is 2. The van der Waals surface area contributed by atoms with Crippen LogP contribution in [0.4, 0.5) is 9.18 Å². The van der Waals surface area contributed by atoms with E-state index in [1.165, 1.54) is 28.9 Å². The fraction of sp³-hybridized carbons (Fsp3) is 0.500. The third-order valence-corrected chi connectivity index (χ3v) is 9.60. The first-order chi connectivity index (χ1) is 19.1. The van der Waals surface area contributed by atoms with Crippen LogP contribution in [0.1, 0.15) is 57.1 Å². The van der Waals surface area contributed by atoms with Crippen molar-refractivity contribution in [2.75, 3.05) is 26.7 Å². The monoisotopic (exact) mass is 571 g/mol. The van der Waals surface area contributed by atoms with Gasteiger partial charge in [-0.3, -0.25) is 0 Å². The Balaban J connectivity index is 1.65. The molecule has 0 bridgehead atoms. The lowest BCUT2D eigenvalue weighted by Crippen LogP contribution is -2.52. The number of fused-ring (bicyclic) bond motifs is 1. The maximum absolute atomic E-state index is 13.7. The molecule has 1 aliphatic carbocycles. The second-order valence-electron chi connectivity index (χ2n) is 10.8. The molecule has 2 N–H and O–H groups in total. The number of aliphatic hydroxyl groups is 1. The topological polar surface area (TPSA) is 99.2 Å². The number of ether oxygens (including phenoxy) is 1. The van der Waals surface area contributed by atoms with Gasteiger partial charge in [-0.05, 0) is 56.2 Å². The Kier molecular flexibility index (Phi) is 9.72. The van der Waals surface area contributed by atoms with E-state index in [1.807, 2.05) is 6.92 Å². The summed E-state index contributed by atoms with van der Waals surface area (Å²) in [7, 11) is -2.30. The van der Waals surface area contributed by atoms with Gasteiger partial charge in [0.15, 0.2) is 0 Å². The number of carbonyl (C=O) groups is 1. The van der Waals surface area contributed by atoms with Gasteiger partial charge in [-0.1, -0.05) is 44.1 Å². The van der Waals surface area contributed by atoms with Gasteiger partial charge in [0.2, 0.25) is 10.0 Å². The number of rotatable bonds is 5. The number of aliphatic hydroxyl groups excluding tert-OH is 1. The summed E-state index contributed by atoms with van der Waals surface area (Å²) >= 11 is 0. The van der Waals surface area contributed by atoms with Crippen LogP contribution in [0.2, 0.25) is 0 Å². The van der Waals surface area contributed by atoms with Gasteiger partial charge in [-0.25, -0.2) is 17.6 Å². The number of sulfonamides is 1. The highest BCUT2D eigenvalue weighted by molar-refractivity contribution is 7.89. The van der Waals surface area contributed by atoms with Crippen molar-refractivity contribution in [3.05, 3.63) is 59.4 Å². The molecule has 40 heavy (non-hydrogen) atoms. The van der Waals surface area contributed by atoms with Crippen molar-refractivity contribution in [2.24, 2.45) is 5.92 Å². The van der Waals surface area contributed by atoms with Crippen LogP contribution in [0.5, 0.6) is 5.75 Å². The first kappa shape index (κ1) is 29.8. The highest BCUT2D eigenvalue weighted by Crippen LogP contribution is 2.34. The summed E-state index contributed by atoms with van der Waals surface area (Å²) in [5, 5.41) is 13.0. The zero-order valence-corrected chi connectivity index (χ0v) is 24.1. The van der Waals surface area contributed by atoms with E-state index in [0.29, 0.717) is 11.1 Å². The van der Waals surface area contributed by atoms with E-state index >= 15 is 0 Å². The molecule has 1 fully saturated rings. The normalized spacial score (nSPS) is 21.9. The van der Waals surface area contributed by atoms with Crippen LogP contribution < -0.4 is 10.1 Å². The predicted molar refractivity (Wildman–Crippen MR) is 151 cm³/mol. The standard InChI is InChI=1S/C30H38FN3O5S/c1-21-18-34(22(2)20-35)40(37,38)29-15-14-24(13-12-23-8-7-9-25(31)16-23)17-27(29)39-28(21)19-33(3)30(36)32-26-10-5-4-6-11-26/h7-9,14-17,21-22,26,28,35H,4-6,10-11,18-20H2,1-3H3,(H,32,36)/t21-,22+,28-/m1/s1. The molecule has 2 amide bonds. The zero-order chi connectivity index (χ0) is 28.9. The minimum Gasteiger partial charge on any atom is -0.487 e. The number of nitrogens with zero attached hydrogens (tertiary/aromatic N) is 2. The SMILES string of the molecule is C[C@@H]1CN([C@@H](C)CO)S(=O)(=O)c2ccc(C#Cc3cccc(F)c3)cc2O[C@@H]1CN(C)C(=O)NC1CCCCC1. The molecule has 4 rings (SSSR count). The van der Waals surface area contributed by atoms with Crippen molar-refractivity contribution >= 4 is 16.1 Å². The smallest absolute Gasteiger partial charge is 0.317 e. The van der Waals surface area contributed by atoms with Gasteiger partial charge < -0.3 is 20.1 Å². The Morgan fingerprint density at radius 1 is 1.18 bits per heavy atom. The summed E-state index contributed by atoms with van der Waals surface area (Å²) in [5.41, 5.74) is 0.982. The Hall–Kier alpha value is -3.13. The molecule has 0 radical (unpaired) electrons. The van der Waals surface area contributed by atoms with E-state index in [0.717, 1.165) is 25.7 Å². The Morgan fingerprint density at radius 3 is 2.55 bits per heavy atom. The number of halogens is 1. The van der Waals surface area contributed by atoms with E-state index in [-0.39, 0.29) is 48.3 Å². The number of urea groups is 1. The fourth-order valence-electron chi connectivity index (χ4n) is 5.12. The molecule has 1 heterocycles. The summed E-state index contributed by atoms with van der Waals surface area (Å²) in [5.74, 6) is 5.28. The number of carbonyl (C=O) groups excluding carboxylic acids is 1. The molecular weight excluding hydrogens is 533 g/mol. The van der Waals surface area contributed by atoms with Crippen LogP contribution in [0, 0.1) is 23.6 Å². The number of amides is 2. The molecule has 0 aromatic heterocycles. The maximum atomic E-state index is 13.7. The molecule has 2 aliphatic rings. The summed E-state index contributed by atoms with van der Waals surface area (Å²) in [4.78, 5) is 14.5. The average Bonchev–Trinajstić information content (AvgIpc) is 2.93. The van der Waals surface area contributed by atoms with Gasteiger partial charge in [0.1, 0.15) is 22.6 Å². The molecular formula is C30H38FN3O5S. The molecule has 8 nitrogen and oxygen atoms in total. The van der Waals surface area contributed by atoms with E-state index in [9.17, 15) is 22.7 Å². The second kappa shape index (κ2) is 13.0. The zero-order valence-electron chi connectivity index (χ0n) is 23.3. The van der Waals surface area contributed by atoms with Crippen molar-refractivity contribution in [2.45, 2.75) is 69.0 Å². The molecule has 1 aliphatic heterocycles. The number of nitrogens with one attached hydrogen (secondary N) is 1. The largest absolute Gasteiger partial charge is 0.487 e. The predicted octanol–water partition coefficient (Wildman–Crippen LogP) is 3.97. The van der Waals surface area contributed by atoms with Gasteiger partial charge in [-0.15, -0.1) is 0 Å². The molecule has 0 saturated heterocycles. The first-order valence-corrected chi connectivity index (χ1v) is 15.2. The highest BCUT2D eigenvalue weighted by Gasteiger charge is 2.38. The van der Waals surface area contributed by atoms with Crippen LogP contribution in [-0.4, -0.2) is 73.7 Å². The van der Waals surface area contributed by atoms with Gasteiger partial charge in [0, 0.05) is 42.7 Å². The van der Waals surface area contributed by atoms with Crippen LogP contribution in [0.25, 0.3) is 0 Å². The van der Waals surface area contributed by atoms with Gasteiger partial charge in [-0.2, -0.15) is 4.31 Å². The molecule has 10 heteroatoms. The Labute approximate surface area is 236 Å². The third kappa shape index (κ3) is 7.14. The van der Waals surface area contributed by atoms with Crippen LogP contribution >= 0.6 is 0 Å². The summed E-state index contributed by atoms with van der Waals surface area (Å²) in [6.45, 7) is 3.55. The Morgan fingerprint density at radius 2 is 1.88 bits per heavy atom. The van der Waals surface area contributed by atoms with Gasteiger partial charge >= 0.3 is 6.03 Å². The minimum atomic E-state index is -4.01.